The van der Waals surface area contributed by atoms with Gasteiger partial charge in [-0.2, -0.15) is 4.98 Å². The number of benzene rings is 2. The van der Waals surface area contributed by atoms with Gasteiger partial charge in [0.15, 0.2) is 11.5 Å². The van der Waals surface area contributed by atoms with Crippen molar-refractivity contribution >= 4 is 28.6 Å². The molecule has 5 rings (SSSR count). The van der Waals surface area contributed by atoms with E-state index in [1.54, 1.807) is 20.3 Å². The van der Waals surface area contributed by atoms with Crippen LogP contribution in [0.25, 0.3) is 10.9 Å². The van der Waals surface area contributed by atoms with E-state index in [1.807, 2.05) is 29.2 Å². The van der Waals surface area contributed by atoms with Crippen molar-refractivity contribution in [3.63, 3.8) is 0 Å². The van der Waals surface area contributed by atoms with E-state index in [9.17, 15) is 4.79 Å². The normalized spacial score (nSPS) is 17.4. The van der Waals surface area contributed by atoms with Crippen LogP contribution in [0.15, 0.2) is 42.5 Å². The summed E-state index contributed by atoms with van der Waals surface area (Å²) in [6.07, 6.45) is 3.47. The van der Waals surface area contributed by atoms with Crippen molar-refractivity contribution in [2.24, 2.45) is 5.92 Å². The number of carbonyl (C=O) groups is 1. The molecule has 1 aromatic heterocycles. The van der Waals surface area contributed by atoms with Gasteiger partial charge in [-0.25, -0.2) is 4.98 Å². The number of fused-ring (bicyclic) bond motifs is 1. The Hall–Kier alpha value is -3.55. The van der Waals surface area contributed by atoms with Crippen LogP contribution in [0.5, 0.6) is 11.5 Å². The monoisotopic (exact) mass is 461 g/mol. The van der Waals surface area contributed by atoms with Gasteiger partial charge >= 0.3 is 0 Å². The Bertz CT molecular complexity index is 1170. The van der Waals surface area contributed by atoms with Crippen LogP contribution in [-0.2, 0) is 4.79 Å². The molecule has 0 spiro atoms. The number of hydrogen-bond acceptors (Lipinski definition) is 7. The average molecular weight is 462 g/mol. The van der Waals surface area contributed by atoms with Gasteiger partial charge in [0.1, 0.15) is 5.82 Å². The summed E-state index contributed by atoms with van der Waals surface area (Å²) in [5, 5.41) is 0.724. The molecule has 34 heavy (non-hydrogen) atoms. The van der Waals surface area contributed by atoms with Crippen LogP contribution in [-0.4, -0.2) is 61.2 Å². The highest BCUT2D eigenvalue weighted by Gasteiger charge is 2.37. The maximum atomic E-state index is 13.6. The van der Waals surface area contributed by atoms with Crippen molar-refractivity contribution in [1.82, 2.24) is 14.9 Å². The van der Waals surface area contributed by atoms with Crippen molar-refractivity contribution < 1.29 is 14.3 Å². The van der Waals surface area contributed by atoms with Crippen LogP contribution in [0.4, 0.5) is 11.8 Å². The molecule has 2 fully saturated rings. The number of hydrogen-bond donors (Lipinski definition) is 1. The van der Waals surface area contributed by atoms with Gasteiger partial charge in [0.25, 0.3) is 0 Å². The van der Waals surface area contributed by atoms with Crippen LogP contribution in [0.2, 0.25) is 0 Å². The number of carbonyl (C=O) groups excluding carboxylic acids is 1. The van der Waals surface area contributed by atoms with Gasteiger partial charge in [-0.15, -0.1) is 0 Å². The molecule has 2 aliphatic rings. The highest BCUT2D eigenvalue weighted by atomic mass is 16.5. The number of nitrogen functional groups attached to an aromatic ring is 1. The van der Waals surface area contributed by atoms with Gasteiger partial charge in [0.05, 0.1) is 25.7 Å². The lowest BCUT2D eigenvalue weighted by atomic mass is 9.72. The number of nitrogens with two attached hydrogens (primary N) is 1. The van der Waals surface area contributed by atoms with Gasteiger partial charge in [0.2, 0.25) is 11.9 Å². The first-order chi connectivity index (χ1) is 16.6. The molecule has 0 bridgehead atoms. The number of amides is 1. The van der Waals surface area contributed by atoms with E-state index in [0.29, 0.717) is 60.9 Å². The minimum atomic E-state index is -0.0449. The lowest BCUT2D eigenvalue weighted by molar-refractivity contribution is -0.135. The first kappa shape index (κ1) is 22.3. The predicted molar refractivity (Wildman–Crippen MR) is 132 cm³/mol. The fourth-order valence-corrected chi connectivity index (χ4v) is 4.98. The van der Waals surface area contributed by atoms with Gasteiger partial charge < -0.3 is 25.0 Å². The lowest BCUT2D eigenvalue weighted by Crippen LogP contribution is -2.51. The van der Waals surface area contributed by atoms with E-state index in [-0.39, 0.29) is 11.8 Å². The summed E-state index contributed by atoms with van der Waals surface area (Å²) >= 11 is 0. The second-order valence-corrected chi connectivity index (χ2v) is 9.02. The van der Waals surface area contributed by atoms with E-state index in [1.165, 1.54) is 6.42 Å². The van der Waals surface area contributed by atoms with E-state index >= 15 is 0 Å². The molecule has 1 aliphatic heterocycles. The smallest absolute Gasteiger partial charge is 0.230 e. The predicted octanol–water partition coefficient (Wildman–Crippen LogP) is 3.46. The first-order valence-electron chi connectivity index (χ1n) is 11.9. The minimum absolute atomic E-state index is 0.0449. The van der Waals surface area contributed by atoms with Crippen LogP contribution in [0.3, 0.4) is 0 Å². The molecule has 1 amide bonds. The molecule has 8 heteroatoms. The standard InChI is InChI=1S/C26H31N5O3/c1-33-21-15-19-20(16-22(21)34-2)28-26(29-24(19)27)31-13-11-30(12-14-31)25(32)23(18-9-6-10-18)17-7-4-3-5-8-17/h3-5,7-8,15-16,18,23H,6,9-14H2,1-2H3,(H2,27,28,29). The van der Waals surface area contributed by atoms with E-state index in [4.69, 9.17) is 20.2 Å². The van der Waals surface area contributed by atoms with Crippen LogP contribution >= 0.6 is 0 Å². The molecule has 3 aromatic rings. The molecular weight excluding hydrogens is 430 g/mol. The summed E-state index contributed by atoms with van der Waals surface area (Å²) in [6, 6.07) is 13.9. The van der Waals surface area contributed by atoms with Gasteiger partial charge in [-0.05, 0) is 30.4 Å². The summed E-state index contributed by atoms with van der Waals surface area (Å²) in [4.78, 5) is 27.0. The molecule has 2 N–H and O–H groups in total. The van der Waals surface area contributed by atoms with Crippen molar-refractivity contribution in [2.75, 3.05) is 51.0 Å². The Morgan fingerprint density at radius 2 is 1.68 bits per heavy atom. The zero-order valence-electron chi connectivity index (χ0n) is 19.7. The highest BCUT2D eigenvalue weighted by molar-refractivity contribution is 5.92. The third kappa shape index (κ3) is 4.08. The molecule has 1 unspecified atom stereocenters. The second-order valence-electron chi connectivity index (χ2n) is 9.02. The SMILES string of the molecule is COc1cc2nc(N3CCN(C(=O)C(c4ccccc4)C4CCC4)CC3)nc(N)c2cc1OC. The number of methoxy groups -OCH3 is 2. The highest BCUT2D eigenvalue weighted by Crippen LogP contribution is 2.40. The second kappa shape index (κ2) is 9.37. The Morgan fingerprint density at radius 1 is 1.00 bits per heavy atom. The fraction of sp³-hybridized carbons (Fsp3) is 0.423. The molecule has 2 heterocycles. The van der Waals surface area contributed by atoms with E-state index < -0.39 is 0 Å². The van der Waals surface area contributed by atoms with Crippen LogP contribution in [0.1, 0.15) is 30.7 Å². The van der Waals surface area contributed by atoms with Crippen molar-refractivity contribution in [3.8, 4) is 11.5 Å². The Kier molecular flexibility index (Phi) is 6.13. The first-order valence-corrected chi connectivity index (χ1v) is 11.9. The average Bonchev–Trinajstić information content (AvgIpc) is 2.85. The molecule has 1 saturated heterocycles. The molecule has 1 saturated carbocycles. The molecule has 178 valence electrons. The quantitative estimate of drug-likeness (QED) is 0.601. The fourth-order valence-electron chi connectivity index (χ4n) is 4.98. The van der Waals surface area contributed by atoms with Gasteiger partial charge in [-0.1, -0.05) is 36.8 Å². The van der Waals surface area contributed by atoms with Gasteiger partial charge in [-0.3, -0.25) is 4.79 Å². The number of ether oxygens (including phenoxy) is 2. The molecule has 8 nitrogen and oxygen atoms in total. The van der Waals surface area contributed by atoms with Crippen molar-refractivity contribution in [3.05, 3.63) is 48.0 Å². The lowest BCUT2D eigenvalue weighted by Gasteiger charge is -2.40. The number of anilines is 2. The topological polar surface area (TPSA) is 93.8 Å². The van der Waals surface area contributed by atoms with Crippen molar-refractivity contribution in [2.45, 2.75) is 25.2 Å². The Balaban J connectivity index is 1.33. The van der Waals surface area contributed by atoms with Crippen LogP contribution in [0, 0.1) is 5.92 Å². The van der Waals surface area contributed by atoms with E-state index in [0.717, 1.165) is 23.8 Å². The molecule has 2 aromatic carbocycles. The third-order valence-corrected chi connectivity index (χ3v) is 7.14. The summed E-state index contributed by atoms with van der Waals surface area (Å²) in [6.45, 7) is 2.61. The maximum Gasteiger partial charge on any atom is 0.230 e. The molecule has 1 atom stereocenters. The molecule has 1 aliphatic carbocycles. The van der Waals surface area contributed by atoms with Crippen LogP contribution < -0.4 is 20.1 Å². The minimum Gasteiger partial charge on any atom is -0.493 e. The number of aromatic nitrogens is 2. The summed E-state index contributed by atoms with van der Waals surface area (Å²) < 4.78 is 10.8. The Morgan fingerprint density at radius 3 is 2.29 bits per heavy atom. The molecule has 0 radical (unpaired) electrons. The largest absolute Gasteiger partial charge is 0.493 e. The maximum absolute atomic E-state index is 13.6. The van der Waals surface area contributed by atoms with Gasteiger partial charge in [0, 0.05) is 37.6 Å². The summed E-state index contributed by atoms with van der Waals surface area (Å²) in [7, 11) is 3.18. The number of piperazine rings is 1. The molecular formula is C26H31N5O3. The number of rotatable bonds is 6. The number of nitrogens with zero attached hydrogens (tertiary/aromatic N) is 4. The zero-order chi connectivity index (χ0) is 23.7. The Labute approximate surface area is 199 Å². The van der Waals surface area contributed by atoms with E-state index in [2.05, 4.69) is 22.0 Å². The third-order valence-electron chi connectivity index (χ3n) is 7.14. The summed E-state index contributed by atoms with van der Waals surface area (Å²) in [5.41, 5.74) is 8.11. The summed E-state index contributed by atoms with van der Waals surface area (Å²) in [5.74, 6) is 2.80. The zero-order valence-corrected chi connectivity index (χ0v) is 19.7. The van der Waals surface area contributed by atoms with Crippen molar-refractivity contribution in [1.29, 1.82) is 0 Å².